The van der Waals surface area contributed by atoms with Crippen molar-refractivity contribution in [2.75, 3.05) is 26.2 Å². The van der Waals surface area contributed by atoms with Crippen LogP contribution < -0.4 is 0 Å². The first-order valence-corrected chi connectivity index (χ1v) is 11.2. The Hall–Kier alpha value is -3.86. The summed E-state index contributed by atoms with van der Waals surface area (Å²) >= 11 is 0. The predicted octanol–water partition coefficient (Wildman–Crippen LogP) is 4.71. The molecule has 0 aliphatic carbocycles. The number of aromatic nitrogens is 3. The number of halogens is 5. The highest BCUT2D eigenvalue weighted by Crippen LogP contribution is 2.27. The van der Waals surface area contributed by atoms with E-state index in [0.29, 0.717) is 31.7 Å². The van der Waals surface area contributed by atoms with Crippen molar-refractivity contribution >= 4 is 11.6 Å². The number of amides is 1. The van der Waals surface area contributed by atoms with E-state index in [9.17, 15) is 26.7 Å². The first-order chi connectivity index (χ1) is 17.3. The SMILES string of the molecule is O=C(c1cnn2c(C(F)F)cc(-c3ccc(F)cc3)nc12)N1CCN(Cc2cccc(F)c2F)CC1. The van der Waals surface area contributed by atoms with E-state index >= 15 is 0 Å². The Balaban J connectivity index is 1.38. The second kappa shape index (κ2) is 9.65. The van der Waals surface area contributed by atoms with Crippen LogP contribution in [-0.4, -0.2) is 56.5 Å². The number of carbonyl (C=O) groups is 1. The van der Waals surface area contributed by atoms with Crippen molar-refractivity contribution in [3.05, 3.63) is 89.0 Å². The molecule has 1 fully saturated rings. The van der Waals surface area contributed by atoms with Crippen LogP contribution in [0.5, 0.6) is 0 Å². The summed E-state index contributed by atoms with van der Waals surface area (Å²) in [5.41, 5.74) is 0.398. The topological polar surface area (TPSA) is 53.7 Å². The molecule has 0 spiro atoms. The van der Waals surface area contributed by atoms with E-state index < -0.39 is 35.5 Å². The fourth-order valence-corrected chi connectivity index (χ4v) is 4.25. The predicted molar refractivity (Wildman–Crippen MR) is 121 cm³/mol. The maximum Gasteiger partial charge on any atom is 0.280 e. The maximum atomic E-state index is 14.0. The lowest BCUT2D eigenvalue weighted by molar-refractivity contribution is 0.0628. The molecule has 1 aliphatic heterocycles. The van der Waals surface area contributed by atoms with Crippen LogP contribution in [0.1, 0.15) is 28.0 Å². The zero-order valence-electron chi connectivity index (χ0n) is 18.8. The summed E-state index contributed by atoms with van der Waals surface area (Å²) in [5.74, 6) is -2.70. The summed E-state index contributed by atoms with van der Waals surface area (Å²) in [4.78, 5) is 21.1. The van der Waals surface area contributed by atoms with E-state index in [4.69, 9.17) is 0 Å². The Labute approximate surface area is 202 Å². The average molecular weight is 501 g/mol. The molecule has 0 saturated carbocycles. The number of hydrogen-bond donors (Lipinski definition) is 0. The minimum atomic E-state index is -2.88. The second-order valence-electron chi connectivity index (χ2n) is 8.45. The van der Waals surface area contributed by atoms with Crippen molar-refractivity contribution in [3.63, 3.8) is 0 Å². The number of alkyl halides is 2. The van der Waals surface area contributed by atoms with Gasteiger partial charge in [-0.05, 0) is 36.4 Å². The molecule has 186 valence electrons. The number of hydrogen-bond acceptors (Lipinski definition) is 4. The zero-order valence-corrected chi connectivity index (χ0v) is 18.8. The molecule has 1 saturated heterocycles. The minimum Gasteiger partial charge on any atom is -0.336 e. The Kier molecular flexibility index (Phi) is 6.40. The first kappa shape index (κ1) is 23.9. The standard InChI is InChI=1S/C25H20F5N5O/c26-17-6-4-15(5-7-17)20-12-21(23(29)30)35-24(32-20)18(13-31-35)25(36)34-10-8-33(9-11-34)14-16-2-1-3-19(27)22(16)28/h1-7,12-13,23H,8-11,14H2. The van der Waals surface area contributed by atoms with E-state index in [0.717, 1.165) is 16.6 Å². The Morgan fingerprint density at radius 1 is 0.972 bits per heavy atom. The molecule has 36 heavy (non-hydrogen) atoms. The van der Waals surface area contributed by atoms with Gasteiger partial charge in [-0.1, -0.05) is 12.1 Å². The fraction of sp³-hybridized carbons (Fsp3) is 0.240. The number of piperazine rings is 1. The molecule has 2 aromatic heterocycles. The van der Waals surface area contributed by atoms with Crippen LogP contribution >= 0.6 is 0 Å². The van der Waals surface area contributed by atoms with E-state index in [1.165, 1.54) is 42.6 Å². The van der Waals surface area contributed by atoms with Crippen LogP contribution in [0.15, 0.2) is 54.7 Å². The lowest BCUT2D eigenvalue weighted by atomic mass is 10.1. The molecule has 5 rings (SSSR count). The highest BCUT2D eigenvalue weighted by atomic mass is 19.3. The summed E-state index contributed by atoms with van der Waals surface area (Å²) in [6.07, 6.45) is -1.68. The monoisotopic (exact) mass is 501 g/mol. The van der Waals surface area contributed by atoms with Crippen molar-refractivity contribution in [3.8, 4) is 11.3 Å². The van der Waals surface area contributed by atoms with E-state index in [1.54, 1.807) is 4.90 Å². The summed E-state index contributed by atoms with van der Waals surface area (Å²) in [6, 6.07) is 10.4. The maximum absolute atomic E-state index is 14.0. The molecule has 2 aromatic carbocycles. The van der Waals surface area contributed by atoms with Gasteiger partial charge >= 0.3 is 0 Å². The quantitative estimate of drug-likeness (QED) is 0.372. The lowest BCUT2D eigenvalue weighted by Crippen LogP contribution is -2.48. The number of benzene rings is 2. The van der Waals surface area contributed by atoms with E-state index in [2.05, 4.69) is 10.1 Å². The molecule has 1 amide bonds. The van der Waals surface area contributed by atoms with Crippen LogP contribution in [-0.2, 0) is 6.54 Å². The molecule has 0 radical (unpaired) electrons. The van der Waals surface area contributed by atoms with Crippen molar-refractivity contribution < 1.29 is 26.7 Å². The third-order valence-electron chi connectivity index (χ3n) is 6.18. The molecule has 1 aliphatic rings. The van der Waals surface area contributed by atoms with Gasteiger partial charge < -0.3 is 4.90 Å². The molecular formula is C25H20F5N5O. The van der Waals surface area contributed by atoms with Crippen molar-refractivity contribution in [2.45, 2.75) is 13.0 Å². The summed E-state index contributed by atoms with van der Waals surface area (Å²) in [6.45, 7) is 1.62. The molecule has 0 atom stereocenters. The van der Waals surface area contributed by atoms with Crippen LogP contribution in [0, 0.1) is 17.5 Å². The molecule has 11 heteroatoms. The number of rotatable bonds is 5. The largest absolute Gasteiger partial charge is 0.336 e. The van der Waals surface area contributed by atoms with Gasteiger partial charge in [-0.15, -0.1) is 0 Å². The van der Waals surface area contributed by atoms with Gasteiger partial charge in [-0.2, -0.15) is 5.10 Å². The summed E-state index contributed by atoms with van der Waals surface area (Å²) in [5, 5.41) is 3.97. The van der Waals surface area contributed by atoms with Gasteiger partial charge in [0.25, 0.3) is 12.3 Å². The second-order valence-corrected chi connectivity index (χ2v) is 8.45. The van der Waals surface area contributed by atoms with Crippen LogP contribution in [0.4, 0.5) is 22.0 Å². The van der Waals surface area contributed by atoms with Crippen LogP contribution in [0.3, 0.4) is 0 Å². The molecular weight excluding hydrogens is 481 g/mol. The lowest BCUT2D eigenvalue weighted by Gasteiger charge is -2.34. The Morgan fingerprint density at radius 3 is 2.39 bits per heavy atom. The molecule has 0 N–H and O–H groups in total. The molecule has 3 heterocycles. The first-order valence-electron chi connectivity index (χ1n) is 11.2. The molecule has 0 unspecified atom stereocenters. The van der Waals surface area contributed by atoms with Crippen LogP contribution in [0.25, 0.3) is 16.9 Å². The van der Waals surface area contributed by atoms with Crippen molar-refractivity contribution in [1.82, 2.24) is 24.4 Å². The third kappa shape index (κ3) is 4.53. The minimum absolute atomic E-state index is 0.0265. The average Bonchev–Trinajstić information content (AvgIpc) is 3.30. The summed E-state index contributed by atoms with van der Waals surface area (Å²) in [7, 11) is 0. The molecule has 4 aromatic rings. The Morgan fingerprint density at radius 2 is 1.69 bits per heavy atom. The van der Waals surface area contributed by atoms with Gasteiger partial charge in [0.05, 0.1) is 11.9 Å². The molecule has 6 nitrogen and oxygen atoms in total. The van der Waals surface area contributed by atoms with Gasteiger partial charge in [0.2, 0.25) is 0 Å². The zero-order chi connectivity index (χ0) is 25.4. The van der Waals surface area contributed by atoms with Gasteiger partial charge in [-0.25, -0.2) is 31.5 Å². The van der Waals surface area contributed by atoms with Gasteiger partial charge in [0, 0.05) is 43.9 Å². The van der Waals surface area contributed by atoms with Crippen LogP contribution in [0.2, 0.25) is 0 Å². The number of carbonyl (C=O) groups excluding carboxylic acids is 1. The highest BCUT2D eigenvalue weighted by molar-refractivity contribution is 6.00. The normalized spacial score (nSPS) is 14.7. The third-order valence-corrected chi connectivity index (χ3v) is 6.18. The highest BCUT2D eigenvalue weighted by Gasteiger charge is 2.27. The van der Waals surface area contributed by atoms with Crippen molar-refractivity contribution in [1.29, 1.82) is 0 Å². The number of fused-ring (bicyclic) bond motifs is 1. The van der Waals surface area contributed by atoms with E-state index in [-0.39, 0.29) is 29.0 Å². The van der Waals surface area contributed by atoms with Crippen molar-refractivity contribution in [2.24, 2.45) is 0 Å². The fourth-order valence-electron chi connectivity index (χ4n) is 4.25. The van der Waals surface area contributed by atoms with Gasteiger partial charge in [-0.3, -0.25) is 9.69 Å². The smallest absolute Gasteiger partial charge is 0.280 e. The summed E-state index contributed by atoms with van der Waals surface area (Å²) < 4.78 is 69.4. The van der Waals surface area contributed by atoms with Gasteiger partial charge in [0.1, 0.15) is 17.1 Å². The number of nitrogens with zero attached hydrogens (tertiary/aromatic N) is 5. The van der Waals surface area contributed by atoms with Gasteiger partial charge in [0.15, 0.2) is 17.3 Å². The molecule has 0 bridgehead atoms. The van der Waals surface area contributed by atoms with E-state index in [1.807, 2.05) is 4.90 Å². The Bertz CT molecular complexity index is 1410.